The van der Waals surface area contributed by atoms with Crippen molar-refractivity contribution in [3.8, 4) is 6.07 Å². The van der Waals surface area contributed by atoms with E-state index in [9.17, 15) is 5.26 Å². The Balaban J connectivity index is 2.53. The van der Waals surface area contributed by atoms with Gasteiger partial charge in [0.15, 0.2) is 0 Å². The van der Waals surface area contributed by atoms with Gasteiger partial charge in [0.2, 0.25) is 0 Å². The van der Waals surface area contributed by atoms with Crippen molar-refractivity contribution in [2.45, 2.75) is 38.1 Å². The molecule has 1 aliphatic rings. The molecule has 2 atom stereocenters. The fourth-order valence-electron chi connectivity index (χ4n) is 2.42. The van der Waals surface area contributed by atoms with E-state index in [1.165, 1.54) is 0 Å². The van der Waals surface area contributed by atoms with Gasteiger partial charge in [0.1, 0.15) is 5.54 Å². The van der Waals surface area contributed by atoms with Gasteiger partial charge in [-0.3, -0.25) is 5.32 Å². The molecule has 1 N–H and O–H groups in total. The maximum absolute atomic E-state index is 9.26. The standard InChI is InChI=1S/C10H17N5/c1-2-9-4-3-5-10(9,8-11)13-6-7-14-15-12/h9,13H,2-7H2,1H3. The molecule has 0 aromatic rings. The Morgan fingerprint density at radius 3 is 3.13 bits per heavy atom. The summed E-state index contributed by atoms with van der Waals surface area (Å²) in [5.41, 5.74) is 7.77. The molecule has 0 aliphatic heterocycles. The molecule has 2 unspecified atom stereocenters. The number of rotatable bonds is 5. The van der Waals surface area contributed by atoms with Crippen molar-refractivity contribution in [3.05, 3.63) is 10.4 Å². The van der Waals surface area contributed by atoms with Crippen LogP contribution in [0.15, 0.2) is 5.11 Å². The topological polar surface area (TPSA) is 84.6 Å². The van der Waals surface area contributed by atoms with Crippen LogP contribution in [0.25, 0.3) is 10.4 Å². The van der Waals surface area contributed by atoms with E-state index in [1.807, 2.05) is 0 Å². The molecule has 1 saturated carbocycles. The fraction of sp³-hybridized carbons (Fsp3) is 0.900. The Labute approximate surface area is 90.1 Å². The number of hydrogen-bond donors (Lipinski definition) is 1. The van der Waals surface area contributed by atoms with Crippen molar-refractivity contribution in [1.29, 1.82) is 5.26 Å². The highest BCUT2D eigenvalue weighted by atomic mass is 15.1. The molecule has 15 heavy (non-hydrogen) atoms. The van der Waals surface area contributed by atoms with E-state index in [1.54, 1.807) is 0 Å². The minimum absolute atomic E-state index is 0.375. The van der Waals surface area contributed by atoms with Crippen LogP contribution in [0.1, 0.15) is 32.6 Å². The van der Waals surface area contributed by atoms with Crippen LogP contribution in [0.5, 0.6) is 0 Å². The fourth-order valence-corrected chi connectivity index (χ4v) is 2.42. The second kappa shape index (κ2) is 5.59. The Hall–Kier alpha value is -1.24. The molecular weight excluding hydrogens is 190 g/mol. The van der Waals surface area contributed by atoms with Gasteiger partial charge in [0.05, 0.1) is 6.07 Å². The Kier molecular flexibility index (Phi) is 4.41. The van der Waals surface area contributed by atoms with Crippen LogP contribution >= 0.6 is 0 Å². The lowest BCUT2D eigenvalue weighted by atomic mass is 9.86. The number of nitriles is 1. The molecule has 0 aromatic heterocycles. The van der Waals surface area contributed by atoms with Crippen molar-refractivity contribution in [2.24, 2.45) is 11.0 Å². The summed E-state index contributed by atoms with van der Waals surface area (Å²) in [7, 11) is 0. The van der Waals surface area contributed by atoms with E-state index in [4.69, 9.17) is 5.53 Å². The van der Waals surface area contributed by atoms with Crippen molar-refractivity contribution >= 4 is 0 Å². The predicted molar refractivity (Wildman–Crippen MR) is 58.0 cm³/mol. The van der Waals surface area contributed by atoms with Crippen LogP contribution in [0, 0.1) is 17.2 Å². The zero-order chi connectivity index (χ0) is 11.1. The number of azide groups is 1. The molecule has 1 rings (SSSR count). The van der Waals surface area contributed by atoms with Crippen LogP contribution in [0.2, 0.25) is 0 Å². The van der Waals surface area contributed by atoms with Gasteiger partial charge in [-0.1, -0.05) is 24.9 Å². The van der Waals surface area contributed by atoms with Crippen LogP contribution in [0.3, 0.4) is 0 Å². The molecule has 0 radical (unpaired) electrons. The normalized spacial score (nSPS) is 29.5. The largest absolute Gasteiger partial charge is 0.299 e. The molecule has 0 heterocycles. The molecule has 0 saturated heterocycles. The van der Waals surface area contributed by atoms with Crippen LogP contribution in [-0.2, 0) is 0 Å². The van der Waals surface area contributed by atoms with Crippen molar-refractivity contribution in [3.63, 3.8) is 0 Å². The van der Waals surface area contributed by atoms with Gasteiger partial charge in [-0.15, -0.1) is 0 Å². The van der Waals surface area contributed by atoms with Crippen LogP contribution in [0.4, 0.5) is 0 Å². The maximum atomic E-state index is 9.26. The molecule has 82 valence electrons. The smallest absolute Gasteiger partial charge is 0.109 e. The lowest BCUT2D eigenvalue weighted by Gasteiger charge is -2.29. The molecule has 5 nitrogen and oxygen atoms in total. The maximum Gasteiger partial charge on any atom is 0.109 e. The van der Waals surface area contributed by atoms with Gasteiger partial charge >= 0.3 is 0 Å². The van der Waals surface area contributed by atoms with E-state index in [0.29, 0.717) is 19.0 Å². The minimum Gasteiger partial charge on any atom is -0.299 e. The zero-order valence-corrected chi connectivity index (χ0v) is 9.11. The quantitative estimate of drug-likeness (QED) is 0.325. The second-order valence-electron chi connectivity index (χ2n) is 3.96. The minimum atomic E-state index is -0.375. The monoisotopic (exact) mass is 207 g/mol. The summed E-state index contributed by atoms with van der Waals surface area (Å²) in [5.74, 6) is 0.438. The van der Waals surface area contributed by atoms with Gasteiger partial charge < -0.3 is 0 Å². The van der Waals surface area contributed by atoms with E-state index in [0.717, 1.165) is 25.7 Å². The number of nitrogens with zero attached hydrogens (tertiary/aromatic N) is 4. The third-order valence-corrected chi connectivity index (χ3v) is 3.23. The van der Waals surface area contributed by atoms with Crippen LogP contribution in [-0.4, -0.2) is 18.6 Å². The Morgan fingerprint density at radius 1 is 1.73 bits per heavy atom. The average Bonchev–Trinajstić information content (AvgIpc) is 2.68. The highest BCUT2D eigenvalue weighted by Gasteiger charge is 2.41. The van der Waals surface area contributed by atoms with E-state index < -0.39 is 0 Å². The number of nitrogens with one attached hydrogen (secondary N) is 1. The van der Waals surface area contributed by atoms with E-state index in [2.05, 4.69) is 28.3 Å². The Bertz CT molecular complexity index is 289. The molecule has 0 spiro atoms. The molecule has 0 aromatic carbocycles. The first kappa shape index (κ1) is 11.8. The third kappa shape index (κ3) is 2.62. The first-order valence-electron chi connectivity index (χ1n) is 5.46. The summed E-state index contributed by atoms with van der Waals surface area (Å²) < 4.78 is 0. The SMILES string of the molecule is CCC1CCCC1(C#N)NCCN=[N+]=[N-]. The predicted octanol–water partition coefficient (Wildman–Crippen LogP) is 2.36. The van der Waals surface area contributed by atoms with Crippen molar-refractivity contribution in [1.82, 2.24) is 5.32 Å². The lowest BCUT2D eigenvalue weighted by Crippen LogP contribution is -2.47. The summed E-state index contributed by atoms with van der Waals surface area (Å²) in [6.07, 6.45) is 4.18. The summed E-state index contributed by atoms with van der Waals surface area (Å²) >= 11 is 0. The Morgan fingerprint density at radius 2 is 2.53 bits per heavy atom. The third-order valence-electron chi connectivity index (χ3n) is 3.23. The van der Waals surface area contributed by atoms with Crippen LogP contribution < -0.4 is 5.32 Å². The molecular formula is C10H17N5. The molecule has 1 aliphatic carbocycles. The summed E-state index contributed by atoms with van der Waals surface area (Å²) in [6.45, 7) is 3.13. The summed E-state index contributed by atoms with van der Waals surface area (Å²) in [4.78, 5) is 2.69. The van der Waals surface area contributed by atoms with E-state index >= 15 is 0 Å². The summed E-state index contributed by atoms with van der Waals surface area (Å²) in [5, 5.41) is 16.0. The van der Waals surface area contributed by atoms with Gasteiger partial charge in [-0.2, -0.15) is 5.26 Å². The second-order valence-corrected chi connectivity index (χ2v) is 3.96. The van der Waals surface area contributed by atoms with Crippen molar-refractivity contribution < 1.29 is 0 Å². The lowest BCUT2D eigenvalue weighted by molar-refractivity contribution is 0.312. The van der Waals surface area contributed by atoms with Crippen molar-refractivity contribution in [2.75, 3.05) is 13.1 Å². The first-order valence-corrected chi connectivity index (χ1v) is 5.46. The summed E-state index contributed by atoms with van der Waals surface area (Å²) in [6, 6.07) is 2.41. The zero-order valence-electron chi connectivity index (χ0n) is 9.11. The van der Waals surface area contributed by atoms with E-state index in [-0.39, 0.29) is 5.54 Å². The molecule has 0 amide bonds. The molecule has 1 fully saturated rings. The van der Waals surface area contributed by atoms with Gasteiger partial charge in [-0.25, -0.2) is 0 Å². The van der Waals surface area contributed by atoms with Gasteiger partial charge in [0.25, 0.3) is 0 Å². The highest BCUT2D eigenvalue weighted by Crippen LogP contribution is 2.37. The molecule has 5 heteroatoms. The molecule has 0 bridgehead atoms. The van der Waals surface area contributed by atoms with Gasteiger partial charge in [-0.05, 0) is 24.3 Å². The average molecular weight is 207 g/mol. The highest BCUT2D eigenvalue weighted by molar-refractivity contribution is 5.13. The van der Waals surface area contributed by atoms with Gasteiger partial charge in [0, 0.05) is 18.0 Å². The number of hydrogen-bond acceptors (Lipinski definition) is 3. The first-order chi connectivity index (χ1) is 7.29.